The number of primary amides is 1. The van der Waals surface area contributed by atoms with E-state index in [9.17, 15) is 71.9 Å². The number of para-hydroxylation sites is 5. The lowest BCUT2D eigenvalue weighted by Crippen LogP contribution is -2.51. The Morgan fingerprint density at radius 2 is 0.764 bits per heavy atom. The minimum Gasteiger partial charge on any atom is -0.368 e. The van der Waals surface area contributed by atoms with Gasteiger partial charge in [-0.1, -0.05) is 121 Å². The van der Waals surface area contributed by atoms with E-state index in [0.717, 1.165) is 21.4 Å². The third kappa shape index (κ3) is 18.2. The number of nitrogens with two attached hydrogens (primary N) is 1. The van der Waals surface area contributed by atoms with E-state index in [2.05, 4.69) is 84.4 Å². The van der Waals surface area contributed by atoms with Crippen LogP contribution in [0.4, 0.5) is 0 Å². The number of rotatable bonds is 25. The summed E-state index contributed by atoms with van der Waals surface area (Å²) in [6.45, 7) is 0.0537. The van der Waals surface area contributed by atoms with E-state index in [0.29, 0.717) is 71.5 Å². The van der Waals surface area contributed by atoms with E-state index in [1.54, 1.807) is 84.9 Å². The number of aromatic nitrogens is 4. The number of hydrogen-bond acceptors (Lipinski definition) is 22. The van der Waals surface area contributed by atoms with Gasteiger partial charge in [0.1, 0.15) is 18.1 Å². The number of carbonyl (C=O) groups excluding carboxylic acids is 15. The molecule has 0 aliphatic carbocycles. The summed E-state index contributed by atoms with van der Waals surface area (Å²) in [6, 6.07) is 35.4. The first kappa shape index (κ1) is 84.9. The maximum Gasteiger partial charge on any atom is 0.289 e. The first-order chi connectivity index (χ1) is 61.4. The molecule has 6 aromatic carbocycles. The summed E-state index contributed by atoms with van der Waals surface area (Å²) in [7, 11) is 0. The summed E-state index contributed by atoms with van der Waals surface area (Å²) in [6.07, 6.45) is 0.361. The zero-order valence-corrected chi connectivity index (χ0v) is 69.0. The van der Waals surface area contributed by atoms with Crippen LogP contribution in [0.5, 0.6) is 0 Å². The van der Waals surface area contributed by atoms with E-state index in [4.69, 9.17) is 15.7 Å². The molecule has 0 saturated carbocycles. The number of fused-ring (bicyclic) bond motifs is 7. The highest BCUT2D eigenvalue weighted by Crippen LogP contribution is 2.34. The predicted molar refractivity (Wildman–Crippen MR) is 464 cm³/mol. The molecule has 10 aromatic rings. The Bertz CT molecular complexity index is 6100. The Kier molecular flexibility index (Phi) is 24.4. The van der Waals surface area contributed by atoms with E-state index in [1.165, 1.54) is 16.7 Å². The highest BCUT2D eigenvalue weighted by molar-refractivity contribution is 6.38. The van der Waals surface area contributed by atoms with Crippen molar-refractivity contribution in [2.75, 3.05) is 65.4 Å². The number of nitrogens with zero attached hydrogens (tertiary/aromatic N) is 6. The number of aromatic amines is 1. The van der Waals surface area contributed by atoms with Crippen molar-refractivity contribution in [3.63, 3.8) is 0 Å². The average Bonchev–Trinajstić information content (AvgIpc) is 1.63. The molecular formula is C90H94N22O15. The molecule has 7 aliphatic heterocycles. The molecule has 127 heavy (non-hydrogen) atoms. The molecular weight excluding hydrogens is 1630 g/mol. The van der Waals surface area contributed by atoms with Gasteiger partial charge in [-0.3, -0.25) is 71.9 Å². The standard InChI is InChI=1S/C90H94N22O15/c1-45(113)99-51-33-72(112(42-51)75(116)41-97-88(125)76-55-18-6-11-23-61(55)106-62-24-12-7-19-56(62)76)87(124)102-49-29-66(94-37-49)83(120)100-47-27-68(92-35-47)85(122)104-52-31-70(110(43-52)73(114)39-96-82(119)59-34-65(46-15-3-2-4-16-46)107-60-22-10-5-17-54(59)60)80(117)90(127)103-50-30-67(95-38-50)84(121)101-48-28-69(93-36-48)86(123)105-53-32-71(81(91)118)111(44-53)74(115)40-98-89(126)77-57-20-8-13-25-63(57)108-78-58-21-9-14-26-64(58)109-79(77)78/h2-26,34,47-53,66-72,92-95,109H,27-33,35-44H2,1H3,(H2,91,118)(H,96,119)(H,97,125)(H,98,126)(H,99,113)(H,100,120)(H,101,121)(H,102,124)(H,103,127)(H,104,122)(H,105,123). The summed E-state index contributed by atoms with van der Waals surface area (Å²) >= 11 is 0. The van der Waals surface area contributed by atoms with Crippen molar-refractivity contribution in [3.05, 3.63) is 174 Å². The Hall–Kier alpha value is -14.3. The van der Waals surface area contributed by atoms with Gasteiger partial charge in [-0.05, 0) is 81.3 Å². The van der Waals surface area contributed by atoms with Crippen LogP contribution in [0, 0.1) is 0 Å². The van der Waals surface area contributed by atoms with E-state index < -0.39 is 187 Å². The molecule has 14 atom stereocenters. The quantitative estimate of drug-likeness (QED) is 0.0243. The summed E-state index contributed by atoms with van der Waals surface area (Å²) in [4.78, 5) is 230. The summed E-state index contributed by atoms with van der Waals surface area (Å²) in [5, 5.41) is 44.1. The van der Waals surface area contributed by atoms with Gasteiger partial charge in [0, 0.05) is 133 Å². The van der Waals surface area contributed by atoms with Crippen LogP contribution in [0.25, 0.3) is 76.8 Å². The Labute approximate surface area is 724 Å². The van der Waals surface area contributed by atoms with Crippen molar-refractivity contribution in [1.29, 1.82) is 0 Å². The van der Waals surface area contributed by atoms with Crippen molar-refractivity contribution in [1.82, 2.24) is 109 Å². The lowest BCUT2D eigenvalue weighted by atomic mass is 10.0. The number of Topliss-reactive ketones (excluding diaryl/α,β-unsaturated/α-hetero) is 1. The minimum absolute atomic E-state index is 0.00106. The van der Waals surface area contributed by atoms with E-state index >= 15 is 0 Å². The van der Waals surface area contributed by atoms with Crippen LogP contribution in [0.15, 0.2) is 158 Å². The molecule has 4 aromatic heterocycles. The van der Waals surface area contributed by atoms with Gasteiger partial charge in [-0.2, -0.15) is 0 Å². The van der Waals surface area contributed by atoms with Crippen LogP contribution in [0.2, 0.25) is 0 Å². The molecule has 0 spiro atoms. The van der Waals surface area contributed by atoms with Gasteiger partial charge >= 0.3 is 0 Å². The lowest BCUT2D eigenvalue weighted by molar-refractivity contribution is -0.144. The molecule has 0 bridgehead atoms. The van der Waals surface area contributed by atoms with E-state index in [1.807, 2.05) is 72.8 Å². The number of amides is 14. The number of benzene rings is 6. The third-order valence-corrected chi connectivity index (χ3v) is 24.9. The highest BCUT2D eigenvalue weighted by Gasteiger charge is 2.48. The maximum atomic E-state index is 14.6. The molecule has 0 radical (unpaired) electrons. The second-order valence-corrected chi connectivity index (χ2v) is 33.4. The number of likely N-dealkylation sites (tertiary alicyclic amines) is 3. The number of carbonyl (C=O) groups is 15. The van der Waals surface area contributed by atoms with Crippen molar-refractivity contribution in [2.45, 2.75) is 136 Å². The smallest absolute Gasteiger partial charge is 0.289 e. The van der Waals surface area contributed by atoms with Gasteiger partial charge < -0.3 is 99.9 Å². The first-order valence-electron chi connectivity index (χ1n) is 42.5. The number of H-pyrrole nitrogens is 1. The first-order valence-corrected chi connectivity index (χ1v) is 42.5. The van der Waals surface area contributed by atoms with Gasteiger partial charge in [-0.25, -0.2) is 15.0 Å². The molecule has 17 rings (SSSR count). The molecule has 654 valence electrons. The highest BCUT2D eigenvalue weighted by atomic mass is 16.2. The molecule has 7 aliphatic rings. The molecule has 7 fully saturated rings. The van der Waals surface area contributed by atoms with Crippen molar-refractivity contribution in [3.8, 4) is 11.3 Å². The molecule has 11 heterocycles. The van der Waals surface area contributed by atoms with Crippen molar-refractivity contribution in [2.24, 2.45) is 5.73 Å². The monoisotopic (exact) mass is 1720 g/mol. The van der Waals surface area contributed by atoms with Crippen LogP contribution >= 0.6 is 0 Å². The van der Waals surface area contributed by atoms with Crippen LogP contribution in [-0.4, -0.2) is 273 Å². The average molecular weight is 1720 g/mol. The number of nitrogens with one attached hydrogen (secondary N) is 15. The molecule has 14 amide bonds. The Morgan fingerprint density at radius 1 is 0.378 bits per heavy atom. The molecule has 14 unspecified atom stereocenters. The summed E-state index contributed by atoms with van der Waals surface area (Å²) in [5.74, 6) is -9.17. The number of hydrogen-bond donors (Lipinski definition) is 16. The number of pyridine rings is 3. The fourth-order valence-corrected chi connectivity index (χ4v) is 18.7. The van der Waals surface area contributed by atoms with Gasteiger partial charge in [-0.15, -0.1) is 0 Å². The lowest BCUT2D eigenvalue weighted by Gasteiger charge is -2.25. The fraction of sp³-hybridized carbons (Fsp3) is 0.356. The fourth-order valence-electron chi connectivity index (χ4n) is 18.7. The van der Waals surface area contributed by atoms with Crippen molar-refractivity contribution >= 4 is 154 Å². The van der Waals surface area contributed by atoms with Gasteiger partial charge in [0.05, 0.1) is 99.3 Å². The van der Waals surface area contributed by atoms with Crippen LogP contribution in [0.1, 0.15) is 82.9 Å². The van der Waals surface area contributed by atoms with Gasteiger partial charge in [0.25, 0.3) is 23.6 Å². The zero-order valence-electron chi connectivity index (χ0n) is 69.0. The minimum atomic E-state index is -1.44. The zero-order chi connectivity index (χ0) is 88.4. The third-order valence-electron chi connectivity index (χ3n) is 24.9. The summed E-state index contributed by atoms with van der Waals surface area (Å²) < 4.78 is 0. The number of ketones is 1. The molecule has 37 nitrogen and oxygen atoms in total. The molecule has 17 N–H and O–H groups in total. The second-order valence-electron chi connectivity index (χ2n) is 33.4. The Balaban J connectivity index is 0.486. The van der Waals surface area contributed by atoms with Crippen LogP contribution in [-0.2, 0) is 57.5 Å². The SMILES string of the molecule is CC(=O)NC1CC(C(=O)NC2CNC(C(=O)NC3CNC(C(=O)NC4CC(C(=O)C(=O)NC5CNC(C(=O)NC6CNC(C(=O)NC7CC(C(N)=O)N(C(=O)CNC(=O)c8c9ccccc9nc9c8[nH]c8ccccc89)C7)C6)C5)N(C(=O)CNC(=O)c5cc(-c6ccccc6)nc6ccccc56)C4)C3)C2)N(C(=O)CNC(=O)c2c3ccccc3nc3ccccc23)C1. The summed E-state index contributed by atoms with van der Waals surface area (Å²) in [5.41, 5.74) is 12.0. The molecule has 37 heteroatoms. The van der Waals surface area contributed by atoms with Crippen molar-refractivity contribution < 1.29 is 71.9 Å². The van der Waals surface area contributed by atoms with Gasteiger partial charge in [0.2, 0.25) is 64.9 Å². The van der Waals surface area contributed by atoms with Crippen LogP contribution in [0.3, 0.4) is 0 Å². The predicted octanol–water partition coefficient (Wildman–Crippen LogP) is -0.906. The van der Waals surface area contributed by atoms with Gasteiger partial charge in [0.15, 0.2) is 0 Å². The Morgan fingerprint density at radius 3 is 1.28 bits per heavy atom. The normalized spacial score (nSPS) is 23.8. The second kappa shape index (κ2) is 36.5. The largest absolute Gasteiger partial charge is 0.368 e. The topological polar surface area (TPSA) is 515 Å². The van der Waals surface area contributed by atoms with E-state index in [-0.39, 0.29) is 102 Å². The molecule has 7 saturated heterocycles. The maximum absolute atomic E-state index is 14.6. The van der Waals surface area contributed by atoms with Crippen LogP contribution < -0.4 is 80.2 Å².